The van der Waals surface area contributed by atoms with Crippen molar-refractivity contribution in [3.05, 3.63) is 36.0 Å². The first kappa shape index (κ1) is 13.9. The Kier molecular flexibility index (Phi) is 4.06. The van der Waals surface area contributed by atoms with Crippen LogP contribution in [0, 0.1) is 6.92 Å². The van der Waals surface area contributed by atoms with Crippen molar-refractivity contribution >= 4 is 11.8 Å². The van der Waals surface area contributed by atoms with Crippen molar-refractivity contribution in [1.29, 1.82) is 0 Å². The quantitative estimate of drug-likeness (QED) is 0.934. The lowest BCUT2D eigenvalue weighted by Crippen LogP contribution is -2.30. The van der Waals surface area contributed by atoms with Gasteiger partial charge in [-0.3, -0.25) is 4.90 Å². The van der Waals surface area contributed by atoms with Crippen molar-refractivity contribution in [2.24, 2.45) is 0 Å². The van der Waals surface area contributed by atoms with Crippen LogP contribution in [0.15, 0.2) is 24.5 Å². The highest BCUT2D eigenvalue weighted by Gasteiger charge is 2.22. The summed E-state index contributed by atoms with van der Waals surface area (Å²) in [5, 5.41) is 3.15. The highest BCUT2D eigenvalue weighted by molar-refractivity contribution is 5.48. The second-order valence-electron chi connectivity index (χ2n) is 5.41. The molecule has 3 rings (SSSR count). The fourth-order valence-electron chi connectivity index (χ4n) is 2.75. The number of nitrogens with zero attached hydrogens (tertiary/aromatic N) is 5. The van der Waals surface area contributed by atoms with Crippen LogP contribution in [0.4, 0.5) is 11.8 Å². The Labute approximate surface area is 124 Å². The van der Waals surface area contributed by atoms with E-state index in [1.54, 1.807) is 18.5 Å². The molecule has 1 aliphatic heterocycles. The van der Waals surface area contributed by atoms with Crippen molar-refractivity contribution < 1.29 is 0 Å². The maximum Gasteiger partial charge on any atom is 0.228 e. The van der Waals surface area contributed by atoms with Crippen LogP contribution in [0.2, 0.25) is 0 Å². The van der Waals surface area contributed by atoms with Gasteiger partial charge in [-0.05, 0) is 39.4 Å². The Morgan fingerprint density at radius 2 is 2.00 bits per heavy atom. The molecule has 0 spiro atoms. The van der Waals surface area contributed by atoms with Gasteiger partial charge in [0.05, 0.1) is 11.7 Å². The van der Waals surface area contributed by atoms with Gasteiger partial charge in [0, 0.05) is 18.5 Å². The van der Waals surface area contributed by atoms with Crippen LogP contribution in [-0.2, 0) is 0 Å². The summed E-state index contributed by atoms with van der Waals surface area (Å²) < 4.78 is 0. The predicted octanol–water partition coefficient (Wildman–Crippen LogP) is 2.48. The summed E-state index contributed by atoms with van der Waals surface area (Å²) in [5.74, 6) is 2.08. The largest absolute Gasteiger partial charge is 0.309 e. The summed E-state index contributed by atoms with van der Waals surface area (Å²) in [4.78, 5) is 19.7. The smallest absolute Gasteiger partial charge is 0.228 e. The van der Waals surface area contributed by atoms with Gasteiger partial charge in [0.2, 0.25) is 5.95 Å². The number of hydrogen-bond donors (Lipinski definition) is 1. The summed E-state index contributed by atoms with van der Waals surface area (Å²) in [6.45, 7) is 3.04. The molecule has 0 amide bonds. The SMILES string of the molecule is Cc1nc(Nc2ncccn2)cc(C2CCCCN2C)n1. The van der Waals surface area contributed by atoms with Gasteiger partial charge in [-0.25, -0.2) is 19.9 Å². The molecule has 1 atom stereocenters. The molecule has 2 aromatic rings. The fraction of sp³-hybridized carbons (Fsp3) is 0.467. The second kappa shape index (κ2) is 6.13. The molecule has 1 unspecified atom stereocenters. The molecule has 110 valence electrons. The zero-order valence-electron chi connectivity index (χ0n) is 12.5. The third kappa shape index (κ3) is 3.33. The van der Waals surface area contributed by atoms with Gasteiger partial charge in [-0.1, -0.05) is 6.42 Å². The van der Waals surface area contributed by atoms with Gasteiger partial charge in [0.1, 0.15) is 11.6 Å². The van der Waals surface area contributed by atoms with Gasteiger partial charge in [-0.2, -0.15) is 0 Å². The van der Waals surface area contributed by atoms with Crippen LogP contribution in [0.5, 0.6) is 0 Å². The van der Waals surface area contributed by atoms with Crippen molar-refractivity contribution in [1.82, 2.24) is 24.8 Å². The highest BCUT2D eigenvalue weighted by atomic mass is 15.2. The van der Waals surface area contributed by atoms with Gasteiger partial charge in [0.25, 0.3) is 0 Å². The van der Waals surface area contributed by atoms with Crippen molar-refractivity contribution in [2.45, 2.75) is 32.2 Å². The zero-order valence-corrected chi connectivity index (χ0v) is 12.5. The minimum atomic E-state index is 0.373. The number of aryl methyl sites for hydroxylation is 1. The topological polar surface area (TPSA) is 66.8 Å². The van der Waals surface area contributed by atoms with Crippen LogP contribution < -0.4 is 5.32 Å². The summed E-state index contributed by atoms with van der Waals surface area (Å²) >= 11 is 0. The van der Waals surface area contributed by atoms with E-state index in [1.807, 2.05) is 13.0 Å². The van der Waals surface area contributed by atoms with Crippen LogP contribution in [0.1, 0.15) is 36.8 Å². The first-order valence-corrected chi connectivity index (χ1v) is 7.32. The Morgan fingerprint density at radius 3 is 2.76 bits per heavy atom. The Hall–Kier alpha value is -2.08. The minimum absolute atomic E-state index is 0.373. The number of piperidine rings is 1. The molecule has 3 heterocycles. The number of rotatable bonds is 3. The maximum absolute atomic E-state index is 4.62. The van der Waals surface area contributed by atoms with E-state index in [2.05, 4.69) is 37.2 Å². The molecule has 0 bridgehead atoms. The maximum atomic E-state index is 4.62. The lowest BCUT2D eigenvalue weighted by molar-refractivity contribution is 0.183. The Balaban J connectivity index is 1.85. The lowest BCUT2D eigenvalue weighted by atomic mass is 10.00. The van der Waals surface area contributed by atoms with Crippen molar-refractivity contribution in [3.63, 3.8) is 0 Å². The van der Waals surface area contributed by atoms with Crippen molar-refractivity contribution in [2.75, 3.05) is 18.9 Å². The molecule has 1 fully saturated rings. The normalized spacial score (nSPS) is 19.4. The van der Waals surface area contributed by atoms with Crippen LogP contribution in [0.3, 0.4) is 0 Å². The average Bonchev–Trinajstić information content (AvgIpc) is 2.48. The molecule has 0 aromatic carbocycles. The Morgan fingerprint density at radius 1 is 1.19 bits per heavy atom. The number of nitrogens with one attached hydrogen (secondary N) is 1. The predicted molar refractivity (Wildman–Crippen MR) is 81.3 cm³/mol. The van der Waals surface area contributed by atoms with Crippen LogP contribution in [0.25, 0.3) is 0 Å². The first-order valence-electron chi connectivity index (χ1n) is 7.32. The third-order valence-corrected chi connectivity index (χ3v) is 3.78. The van der Waals surface area contributed by atoms with Gasteiger partial charge >= 0.3 is 0 Å². The number of aromatic nitrogens is 4. The van der Waals surface area contributed by atoms with E-state index < -0.39 is 0 Å². The molecule has 1 saturated heterocycles. The minimum Gasteiger partial charge on any atom is -0.309 e. The first-order chi connectivity index (χ1) is 10.2. The van der Waals surface area contributed by atoms with Gasteiger partial charge in [-0.15, -0.1) is 0 Å². The van der Waals surface area contributed by atoms with Crippen LogP contribution in [-0.4, -0.2) is 38.4 Å². The zero-order chi connectivity index (χ0) is 14.7. The van der Waals surface area contributed by atoms with E-state index >= 15 is 0 Å². The lowest BCUT2D eigenvalue weighted by Gasteiger charge is -2.32. The molecule has 6 nitrogen and oxygen atoms in total. The van der Waals surface area contributed by atoms with E-state index in [1.165, 1.54) is 12.8 Å². The summed E-state index contributed by atoms with van der Waals surface area (Å²) in [5.41, 5.74) is 1.07. The average molecular weight is 284 g/mol. The van der Waals surface area contributed by atoms with E-state index in [9.17, 15) is 0 Å². The molecule has 6 heteroatoms. The summed E-state index contributed by atoms with van der Waals surface area (Å²) in [6, 6.07) is 4.17. The molecule has 0 saturated carbocycles. The molecule has 1 N–H and O–H groups in total. The molecular formula is C15H20N6. The van der Waals surface area contributed by atoms with E-state index in [0.29, 0.717) is 12.0 Å². The molecular weight excluding hydrogens is 264 g/mol. The number of likely N-dealkylation sites (tertiary alicyclic amines) is 1. The molecule has 2 aromatic heterocycles. The van der Waals surface area contributed by atoms with Crippen LogP contribution >= 0.6 is 0 Å². The van der Waals surface area contributed by atoms with Gasteiger partial charge in [0.15, 0.2) is 0 Å². The molecule has 21 heavy (non-hydrogen) atoms. The monoisotopic (exact) mass is 284 g/mol. The summed E-state index contributed by atoms with van der Waals surface area (Å²) in [6.07, 6.45) is 7.08. The third-order valence-electron chi connectivity index (χ3n) is 3.78. The standard InChI is InChI=1S/C15H20N6/c1-11-18-12(13-6-3-4-9-21(13)2)10-14(19-11)20-15-16-7-5-8-17-15/h5,7-8,10,13H,3-4,6,9H2,1-2H3,(H,16,17,18,19,20). The number of hydrogen-bond acceptors (Lipinski definition) is 6. The summed E-state index contributed by atoms with van der Waals surface area (Å²) in [7, 11) is 2.16. The number of anilines is 2. The molecule has 0 aliphatic carbocycles. The Bertz CT molecular complexity index is 600. The van der Waals surface area contributed by atoms with E-state index in [0.717, 1.165) is 30.3 Å². The van der Waals surface area contributed by atoms with Crippen molar-refractivity contribution in [3.8, 4) is 0 Å². The highest BCUT2D eigenvalue weighted by Crippen LogP contribution is 2.29. The molecule has 0 radical (unpaired) electrons. The van der Waals surface area contributed by atoms with E-state index in [-0.39, 0.29) is 0 Å². The second-order valence-corrected chi connectivity index (χ2v) is 5.41. The van der Waals surface area contributed by atoms with E-state index in [4.69, 9.17) is 0 Å². The fourth-order valence-corrected chi connectivity index (χ4v) is 2.75. The van der Waals surface area contributed by atoms with Gasteiger partial charge < -0.3 is 5.32 Å². The molecule has 1 aliphatic rings.